The average molecular weight is 137 g/mol. The van der Waals surface area contributed by atoms with Crippen molar-refractivity contribution in [2.45, 2.75) is 25.4 Å². The standard InChI is InChI=1S/C8H11NO/c1-8(10)3-5-2-7(8)6(5)4-9/h5-7,10H,2-3H2,1H3/t5-,6-,7-,8+/m1/s1. The van der Waals surface area contributed by atoms with E-state index in [9.17, 15) is 5.11 Å². The molecule has 3 aliphatic carbocycles. The van der Waals surface area contributed by atoms with E-state index in [-0.39, 0.29) is 11.8 Å². The van der Waals surface area contributed by atoms with Crippen LogP contribution in [-0.4, -0.2) is 10.7 Å². The predicted molar refractivity (Wildman–Crippen MR) is 35.9 cm³/mol. The fourth-order valence-electron chi connectivity index (χ4n) is 2.48. The van der Waals surface area contributed by atoms with E-state index < -0.39 is 5.60 Å². The Balaban J connectivity index is 2.22. The van der Waals surface area contributed by atoms with Crippen LogP contribution >= 0.6 is 0 Å². The SMILES string of the molecule is C[C@]1(O)C[C@H]2C[C@@H]1[C@@H]2C#N. The molecule has 2 bridgehead atoms. The highest BCUT2D eigenvalue weighted by atomic mass is 16.3. The van der Waals surface area contributed by atoms with Crippen molar-refractivity contribution in [3.8, 4) is 6.07 Å². The minimum absolute atomic E-state index is 0.162. The van der Waals surface area contributed by atoms with Crippen LogP contribution in [0.3, 0.4) is 0 Å². The van der Waals surface area contributed by atoms with Gasteiger partial charge in [0.25, 0.3) is 0 Å². The second kappa shape index (κ2) is 1.54. The minimum Gasteiger partial charge on any atom is -0.390 e. The number of hydrogen-bond acceptors (Lipinski definition) is 2. The highest BCUT2D eigenvalue weighted by Gasteiger charge is 2.59. The summed E-state index contributed by atoms with van der Waals surface area (Å²) in [5, 5.41) is 18.3. The first-order chi connectivity index (χ1) is 4.65. The van der Waals surface area contributed by atoms with Crippen molar-refractivity contribution in [2.24, 2.45) is 17.8 Å². The summed E-state index contributed by atoms with van der Waals surface area (Å²) in [6.45, 7) is 1.86. The van der Waals surface area contributed by atoms with Crippen LogP contribution in [0.25, 0.3) is 0 Å². The molecule has 54 valence electrons. The van der Waals surface area contributed by atoms with Crippen molar-refractivity contribution >= 4 is 0 Å². The first-order valence-corrected chi connectivity index (χ1v) is 3.77. The molecule has 0 heterocycles. The summed E-state index contributed by atoms with van der Waals surface area (Å²) in [6, 6.07) is 2.26. The van der Waals surface area contributed by atoms with Crippen LogP contribution in [0.2, 0.25) is 0 Å². The quantitative estimate of drug-likeness (QED) is 0.539. The molecule has 0 aromatic heterocycles. The van der Waals surface area contributed by atoms with Gasteiger partial charge in [-0.3, -0.25) is 0 Å². The smallest absolute Gasteiger partial charge is 0.0663 e. The van der Waals surface area contributed by atoms with Gasteiger partial charge in [0.05, 0.1) is 17.6 Å². The highest BCUT2D eigenvalue weighted by molar-refractivity contribution is 5.15. The van der Waals surface area contributed by atoms with Crippen molar-refractivity contribution in [3.63, 3.8) is 0 Å². The van der Waals surface area contributed by atoms with Gasteiger partial charge in [-0.05, 0) is 25.7 Å². The molecular weight excluding hydrogens is 126 g/mol. The average Bonchev–Trinajstić information content (AvgIpc) is 2.17. The van der Waals surface area contributed by atoms with Gasteiger partial charge in [-0.25, -0.2) is 0 Å². The fourth-order valence-corrected chi connectivity index (χ4v) is 2.48. The van der Waals surface area contributed by atoms with Crippen molar-refractivity contribution in [1.29, 1.82) is 5.26 Å². The van der Waals surface area contributed by atoms with E-state index in [1.165, 1.54) is 0 Å². The molecular formula is C8H11NO. The zero-order valence-corrected chi connectivity index (χ0v) is 6.04. The maximum Gasteiger partial charge on any atom is 0.0663 e. The van der Waals surface area contributed by atoms with E-state index in [1.54, 1.807) is 0 Å². The lowest BCUT2D eigenvalue weighted by atomic mass is 9.71. The molecule has 3 rings (SSSR count). The third kappa shape index (κ3) is 0.518. The van der Waals surface area contributed by atoms with Crippen molar-refractivity contribution < 1.29 is 5.11 Å². The molecule has 0 spiro atoms. The third-order valence-electron chi connectivity index (χ3n) is 3.12. The van der Waals surface area contributed by atoms with Gasteiger partial charge in [0.1, 0.15) is 0 Å². The Bertz CT molecular complexity index is 204. The summed E-state index contributed by atoms with van der Waals surface area (Å²) in [5.41, 5.74) is -0.523. The molecule has 0 aliphatic heterocycles. The molecule has 0 saturated heterocycles. The van der Waals surface area contributed by atoms with E-state index >= 15 is 0 Å². The number of aliphatic hydroxyl groups is 1. The second-order valence-electron chi connectivity index (χ2n) is 3.82. The van der Waals surface area contributed by atoms with Crippen LogP contribution in [0.15, 0.2) is 0 Å². The Morgan fingerprint density at radius 2 is 2.40 bits per heavy atom. The van der Waals surface area contributed by atoms with Gasteiger partial charge in [0, 0.05) is 5.92 Å². The van der Waals surface area contributed by atoms with Crippen LogP contribution in [0.5, 0.6) is 0 Å². The van der Waals surface area contributed by atoms with Crippen molar-refractivity contribution in [3.05, 3.63) is 0 Å². The number of nitriles is 1. The highest BCUT2D eigenvalue weighted by Crippen LogP contribution is 2.58. The molecule has 3 saturated carbocycles. The molecule has 0 aromatic carbocycles. The normalized spacial score (nSPS) is 57.5. The maximum absolute atomic E-state index is 9.66. The number of nitrogens with zero attached hydrogens (tertiary/aromatic N) is 1. The van der Waals surface area contributed by atoms with Crippen LogP contribution in [0.1, 0.15) is 19.8 Å². The first-order valence-electron chi connectivity index (χ1n) is 3.77. The Morgan fingerprint density at radius 1 is 1.70 bits per heavy atom. The third-order valence-corrected chi connectivity index (χ3v) is 3.12. The largest absolute Gasteiger partial charge is 0.390 e. The van der Waals surface area contributed by atoms with Crippen LogP contribution in [-0.2, 0) is 0 Å². The Hall–Kier alpha value is -0.550. The van der Waals surface area contributed by atoms with Crippen LogP contribution < -0.4 is 0 Å². The second-order valence-corrected chi connectivity index (χ2v) is 3.82. The summed E-state index contributed by atoms with van der Waals surface area (Å²) in [6.07, 6.45) is 1.92. The lowest BCUT2D eigenvalue weighted by Gasteiger charge is -2.32. The summed E-state index contributed by atoms with van der Waals surface area (Å²) < 4.78 is 0. The molecule has 1 N–H and O–H groups in total. The number of rotatable bonds is 0. The molecule has 0 unspecified atom stereocenters. The van der Waals surface area contributed by atoms with Crippen LogP contribution in [0, 0.1) is 29.1 Å². The van der Waals surface area contributed by atoms with Gasteiger partial charge in [-0.1, -0.05) is 0 Å². The van der Waals surface area contributed by atoms with Gasteiger partial charge < -0.3 is 5.11 Å². The number of fused-ring (bicyclic) bond motifs is 1. The lowest BCUT2D eigenvalue weighted by Crippen LogP contribution is -2.35. The predicted octanol–water partition coefficient (Wildman–Crippen LogP) is 0.917. The van der Waals surface area contributed by atoms with Gasteiger partial charge in [0.15, 0.2) is 0 Å². The van der Waals surface area contributed by atoms with Gasteiger partial charge in [-0.15, -0.1) is 0 Å². The van der Waals surface area contributed by atoms with Gasteiger partial charge >= 0.3 is 0 Å². The molecule has 2 nitrogen and oxygen atoms in total. The molecule has 10 heavy (non-hydrogen) atoms. The first kappa shape index (κ1) is 6.18. The molecule has 3 aliphatic rings. The lowest BCUT2D eigenvalue weighted by molar-refractivity contribution is 0.0144. The fraction of sp³-hybridized carbons (Fsp3) is 0.875. The van der Waals surface area contributed by atoms with E-state index in [0.717, 1.165) is 12.8 Å². The molecule has 0 amide bonds. The number of hydrogen-bond donors (Lipinski definition) is 1. The van der Waals surface area contributed by atoms with Gasteiger partial charge in [-0.2, -0.15) is 5.26 Å². The Kier molecular flexibility index (Phi) is 0.952. The van der Waals surface area contributed by atoms with E-state index in [2.05, 4.69) is 6.07 Å². The van der Waals surface area contributed by atoms with Gasteiger partial charge in [0.2, 0.25) is 0 Å². The molecule has 0 radical (unpaired) electrons. The Labute approximate surface area is 60.5 Å². The monoisotopic (exact) mass is 137 g/mol. The zero-order valence-electron chi connectivity index (χ0n) is 6.04. The zero-order chi connectivity index (χ0) is 7.35. The maximum atomic E-state index is 9.66. The summed E-state index contributed by atoms with van der Waals surface area (Å²) in [7, 11) is 0. The molecule has 0 aromatic rings. The van der Waals surface area contributed by atoms with Crippen LogP contribution in [0.4, 0.5) is 0 Å². The van der Waals surface area contributed by atoms with E-state index in [0.29, 0.717) is 5.92 Å². The topological polar surface area (TPSA) is 44.0 Å². The molecule has 2 heteroatoms. The Morgan fingerprint density at radius 3 is 2.60 bits per heavy atom. The van der Waals surface area contributed by atoms with E-state index in [1.807, 2.05) is 6.92 Å². The molecule has 3 fully saturated rings. The summed E-state index contributed by atoms with van der Waals surface area (Å²) in [5.74, 6) is 0.947. The minimum atomic E-state index is -0.523. The summed E-state index contributed by atoms with van der Waals surface area (Å²) in [4.78, 5) is 0. The van der Waals surface area contributed by atoms with Crippen molar-refractivity contribution in [2.75, 3.05) is 0 Å². The van der Waals surface area contributed by atoms with Crippen molar-refractivity contribution in [1.82, 2.24) is 0 Å². The molecule has 4 atom stereocenters. The summed E-state index contributed by atoms with van der Waals surface area (Å²) >= 11 is 0. The van der Waals surface area contributed by atoms with E-state index in [4.69, 9.17) is 5.26 Å².